The standard InChI is InChI=1S/C13H27NO2/c1-4-15-13(16-5-2)8-9-14-11(3)10-12-6-7-12/h11-14H,4-10H2,1-3H3. The van der Waals surface area contributed by atoms with Gasteiger partial charge in [-0.05, 0) is 33.1 Å². The third-order valence-electron chi connectivity index (χ3n) is 2.96. The first kappa shape index (κ1) is 13.9. The van der Waals surface area contributed by atoms with Gasteiger partial charge < -0.3 is 14.8 Å². The van der Waals surface area contributed by atoms with E-state index in [1.165, 1.54) is 19.3 Å². The first-order valence-electron chi connectivity index (χ1n) is 6.72. The maximum absolute atomic E-state index is 5.50. The van der Waals surface area contributed by atoms with Crippen LogP contribution < -0.4 is 5.32 Å². The van der Waals surface area contributed by atoms with Gasteiger partial charge in [0.15, 0.2) is 6.29 Å². The molecule has 0 aromatic carbocycles. The Hall–Kier alpha value is -0.120. The van der Waals surface area contributed by atoms with Crippen LogP contribution >= 0.6 is 0 Å². The number of hydrogen-bond donors (Lipinski definition) is 1. The Labute approximate surface area is 99.9 Å². The van der Waals surface area contributed by atoms with Crippen molar-refractivity contribution in [3.8, 4) is 0 Å². The maximum atomic E-state index is 5.50. The van der Waals surface area contributed by atoms with Crippen LogP contribution in [0.3, 0.4) is 0 Å². The van der Waals surface area contributed by atoms with E-state index in [2.05, 4.69) is 12.2 Å². The molecule has 1 unspecified atom stereocenters. The summed E-state index contributed by atoms with van der Waals surface area (Å²) in [7, 11) is 0. The molecular formula is C13H27NO2. The van der Waals surface area contributed by atoms with E-state index in [4.69, 9.17) is 9.47 Å². The predicted octanol–water partition coefficient (Wildman–Crippen LogP) is 2.55. The molecule has 0 heterocycles. The zero-order chi connectivity index (χ0) is 11.8. The molecule has 96 valence electrons. The van der Waals surface area contributed by atoms with Crippen LogP contribution in [-0.2, 0) is 9.47 Å². The van der Waals surface area contributed by atoms with Gasteiger partial charge in [0.2, 0.25) is 0 Å². The van der Waals surface area contributed by atoms with Crippen molar-refractivity contribution in [3.63, 3.8) is 0 Å². The summed E-state index contributed by atoms with van der Waals surface area (Å²) in [6.45, 7) is 8.72. The van der Waals surface area contributed by atoms with Crippen LogP contribution in [0.15, 0.2) is 0 Å². The molecule has 0 aliphatic heterocycles. The van der Waals surface area contributed by atoms with Crippen molar-refractivity contribution in [2.75, 3.05) is 19.8 Å². The summed E-state index contributed by atoms with van der Waals surface area (Å²) >= 11 is 0. The van der Waals surface area contributed by atoms with Crippen LogP contribution in [0, 0.1) is 5.92 Å². The molecule has 16 heavy (non-hydrogen) atoms. The number of ether oxygens (including phenoxy) is 2. The molecule has 1 atom stereocenters. The molecule has 1 saturated carbocycles. The van der Waals surface area contributed by atoms with Crippen LogP contribution in [0.2, 0.25) is 0 Å². The smallest absolute Gasteiger partial charge is 0.158 e. The second-order valence-electron chi connectivity index (χ2n) is 4.66. The molecule has 1 aliphatic rings. The average Bonchev–Trinajstić information content (AvgIpc) is 3.02. The quantitative estimate of drug-likeness (QED) is 0.584. The fraction of sp³-hybridized carbons (Fsp3) is 1.00. The molecule has 0 bridgehead atoms. The van der Waals surface area contributed by atoms with Crippen molar-refractivity contribution >= 4 is 0 Å². The Morgan fingerprint density at radius 2 is 1.81 bits per heavy atom. The zero-order valence-electron chi connectivity index (χ0n) is 11.0. The first-order chi connectivity index (χ1) is 7.76. The van der Waals surface area contributed by atoms with Gasteiger partial charge in [0, 0.05) is 32.2 Å². The summed E-state index contributed by atoms with van der Waals surface area (Å²) in [5, 5.41) is 3.54. The van der Waals surface area contributed by atoms with Crippen molar-refractivity contribution in [3.05, 3.63) is 0 Å². The van der Waals surface area contributed by atoms with Crippen molar-refractivity contribution in [1.29, 1.82) is 0 Å². The molecular weight excluding hydrogens is 202 g/mol. The average molecular weight is 229 g/mol. The van der Waals surface area contributed by atoms with Gasteiger partial charge in [0.1, 0.15) is 0 Å². The van der Waals surface area contributed by atoms with E-state index < -0.39 is 0 Å². The lowest BCUT2D eigenvalue weighted by Crippen LogP contribution is -2.31. The van der Waals surface area contributed by atoms with E-state index in [9.17, 15) is 0 Å². The van der Waals surface area contributed by atoms with Gasteiger partial charge in [-0.1, -0.05) is 12.8 Å². The van der Waals surface area contributed by atoms with Gasteiger partial charge in [-0.15, -0.1) is 0 Å². The molecule has 0 amide bonds. The van der Waals surface area contributed by atoms with Gasteiger partial charge in [0.25, 0.3) is 0 Å². The van der Waals surface area contributed by atoms with Gasteiger partial charge >= 0.3 is 0 Å². The van der Waals surface area contributed by atoms with E-state index in [1.807, 2.05) is 13.8 Å². The second-order valence-corrected chi connectivity index (χ2v) is 4.66. The highest BCUT2D eigenvalue weighted by molar-refractivity contribution is 4.77. The number of hydrogen-bond acceptors (Lipinski definition) is 3. The summed E-state index contributed by atoms with van der Waals surface area (Å²) in [5.74, 6) is 0.997. The normalized spacial score (nSPS) is 18.0. The maximum Gasteiger partial charge on any atom is 0.158 e. The van der Waals surface area contributed by atoms with E-state index in [1.54, 1.807) is 0 Å². The Balaban J connectivity index is 2.01. The highest BCUT2D eigenvalue weighted by Crippen LogP contribution is 2.33. The molecule has 0 aromatic heterocycles. The third kappa shape index (κ3) is 6.46. The van der Waals surface area contributed by atoms with Crippen molar-refractivity contribution < 1.29 is 9.47 Å². The molecule has 1 rings (SSSR count). The zero-order valence-corrected chi connectivity index (χ0v) is 11.0. The Kier molecular flexibility index (Phi) is 7.01. The van der Waals surface area contributed by atoms with Gasteiger partial charge in [-0.25, -0.2) is 0 Å². The predicted molar refractivity (Wildman–Crippen MR) is 66.5 cm³/mol. The third-order valence-corrected chi connectivity index (χ3v) is 2.96. The monoisotopic (exact) mass is 229 g/mol. The molecule has 0 spiro atoms. The molecule has 1 fully saturated rings. The van der Waals surface area contributed by atoms with E-state index in [0.717, 1.165) is 32.1 Å². The highest BCUT2D eigenvalue weighted by Gasteiger charge is 2.23. The fourth-order valence-electron chi connectivity index (χ4n) is 1.97. The lowest BCUT2D eigenvalue weighted by Gasteiger charge is -2.19. The van der Waals surface area contributed by atoms with E-state index >= 15 is 0 Å². The molecule has 3 heteroatoms. The Morgan fingerprint density at radius 1 is 1.19 bits per heavy atom. The second kappa shape index (κ2) is 8.04. The largest absolute Gasteiger partial charge is 0.353 e. The summed E-state index contributed by atoms with van der Waals surface area (Å²) in [6.07, 6.45) is 5.11. The summed E-state index contributed by atoms with van der Waals surface area (Å²) in [4.78, 5) is 0. The molecule has 3 nitrogen and oxygen atoms in total. The Morgan fingerprint density at radius 3 is 2.31 bits per heavy atom. The van der Waals surface area contributed by atoms with Crippen LogP contribution in [0.1, 0.15) is 46.5 Å². The number of rotatable bonds is 10. The van der Waals surface area contributed by atoms with Crippen molar-refractivity contribution in [1.82, 2.24) is 5.32 Å². The SMILES string of the molecule is CCOC(CCNC(C)CC1CC1)OCC. The van der Waals surface area contributed by atoms with E-state index in [-0.39, 0.29) is 6.29 Å². The van der Waals surface area contributed by atoms with Crippen LogP contribution in [-0.4, -0.2) is 32.1 Å². The summed E-state index contributed by atoms with van der Waals surface area (Å²) in [5.41, 5.74) is 0. The highest BCUT2D eigenvalue weighted by atomic mass is 16.7. The summed E-state index contributed by atoms with van der Waals surface area (Å²) < 4.78 is 11.0. The van der Waals surface area contributed by atoms with Gasteiger partial charge in [0.05, 0.1) is 0 Å². The van der Waals surface area contributed by atoms with Gasteiger partial charge in [-0.3, -0.25) is 0 Å². The minimum absolute atomic E-state index is 0.0318. The van der Waals surface area contributed by atoms with Crippen LogP contribution in [0.5, 0.6) is 0 Å². The first-order valence-corrected chi connectivity index (χ1v) is 6.72. The van der Waals surface area contributed by atoms with Crippen LogP contribution in [0.4, 0.5) is 0 Å². The lowest BCUT2D eigenvalue weighted by atomic mass is 10.1. The summed E-state index contributed by atoms with van der Waals surface area (Å²) in [6, 6.07) is 0.636. The fourth-order valence-corrected chi connectivity index (χ4v) is 1.97. The minimum atomic E-state index is -0.0318. The minimum Gasteiger partial charge on any atom is -0.353 e. The van der Waals surface area contributed by atoms with E-state index in [0.29, 0.717) is 6.04 Å². The van der Waals surface area contributed by atoms with Gasteiger partial charge in [-0.2, -0.15) is 0 Å². The number of nitrogens with one attached hydrogen (secondary N) is 1. The molecule has 0 radical (unpaired) electrons. The Bertz CT molecular complexity index is 165. The molecule has 0 saturated heterocycles. The van der Waals surface area contributed by atoms with Crippen LogP contribution in [0.25, 0.3) is 0 Å². The molecule has 1 aliphatic carbocycles. The topological polar surface area (TPSA) is 30.5 Å². The molecule has 1 N–H and O–H groups in total. The van der Waals surface area contributed by atoms with Crippen molar-refractivity contribution in [2.24, 2.45) is 5.92 Å². The van der Waals surface area contributed by atoms with Crippen molar-refractivity contribution in [2.45, 2.75) is 58.8 Å². The lowest BCUT2D eigenvalue weighted by molar-refractivity contribution is -0.138. The molecule has 0 aromatic rings.